The molecule has 0 heterocycles. The summed E-state index contributed by atoms with van der Waals surface area (Å²) in [6, 6.07) is 16.8. The van der Waals surface area contributed by atoms with Gasteiger partial charge >= 0.3 is 0 Å². The predicted octanol–water partition coefficient (Wildman–Crippen LogP) is 3.31. The summed E-state index contributed by atoms with van der Waals surface area (Å²) < 4.78 is 5.85. The maximum Gasteiger partial charge on any atom is 0.238 e. The van der Waals surface area contributed by atoms with E-state index in [-0.39, 0.29) is 24.6 Å². The van der Waals surface area contributed by atoms with Gasteiger partial charge in [-0.2, -0.15) is 0 Å². The molecule has 1 aliphatic carbocycles. The second-order valence-electron chi connectivity index (χ2n) is 6.46. The van der Waals surface area contributed by atoms with E-state index in [1.165, 1.54) is 0 Å². The van der Waals surface area contributed by atoms with E-state index < -0.39 is 0 Å². The van der Waals surface area contributed by atoms with Gasteiger partial charge in [0.2, 0.25) is 5.91 Å². The van der Waals surface area contributed by atoms with Crippen molar-refractivity contribution in [2.75, 3.05) is 18.5 Å². The van der Waals surface area contributed by atoms with E-state index in [4.69, 9.17) is 4.74 Å². The number of ether oxygens (including phenoxy) is 1. The van der Waals surface area contributed by atoms with Crippen LogP contribution in [0.3, 0.4) is 0 Å². The van der Waals surface area contributed by atoms with Crippen LogP contribution in [-0.2, 0) is 4.79 Å². The van der Waals surface area contributed by atoms with E-state index in [0.29, 0.717) is 17.2 Å². The van der Waals surface area contributed by atoms with Crippen molar-refractivity contribution in [2.24, 2.45) is 0 Å². The van der Waals surface area contributed by atoms with Gasteiger partial charge in [-0.3, -0.25) is 4.79 Å². The standard InChI is InChI=1S/C20H24N2O3/c23-15-20(12-6-7-13-20)21-14-19(24)22-17-10-4-5-11-18(17)25-16-8-2-1-3-9-16/h1-5,8-11,21,23H,6-7,12-15H2,(H,22,24). The molecule has 0 bridgehead atoms. The molecule has 25 heavy (non-hydrogen) atoms. The van der Waals surface area contributed by atoms with Gasteiger partial charge in [0.1, 0.15) is 5.75 Å². The first kappa shape index (κ1) is 17.5. The molecule has 132 valence electrons. The Balaban J connectivity index is 1.61. The fourth-order valence-corrected chi connectivity index (χ4v) is 3.18. The van der Waals surface area contributed by atoms with Crippen LogP contribution in [0.5, 0.6) is 11.5 Å². The zero-order valence-corrected chi connectivity index (χ0v) is 14.2. The highest BCUT2D eigenvalue weighted by atomic mass is 16.5. The average Bonchev–Trinajstić information content (AvgIpc) is 3.12. The summed E-state index contributed by atoms with van der Waals surface area (Å²) in [5.41, 5.74) is 0.319. The van der Waals surface area contributed by atoms with Crippen LogP contribution in [0.25, 0.3) is 0 Å². The topological polar surface area (TPSA) is 70.6 Å². The molecule has 1 fully saturated rings. The van der Waals surface area contributed by atoms with Crippen LogP contribution < -0.4 is 15.4 Å². The van der Waals surface area contributed by atoms with Crippen LogP contribution in [0.2, 0.25) is 0 Å². The van der Waals surface area contributed by atoms with Crippen molar-refractivity contribution in [3.8, 4) is 11.5 Å². The highest BCUT2D eigenvalue weighted by Crippen LogP contribution is 2.30. The van der Waals surface area contributed by atoms with Gasteiger partial charge in [0, 0.05) is 5.54 Å². The lowest BCUT2D eigenvalue weighted by molar-refractivity contribution is -0.115. The van der Waals surface area contributed by atoms with Crippen LogP contribution in [0.15, 0.2) is 54.6 Å². The third kappa shape index (κ3) is 4.59. The van der Waals surface area contributed by atoms with Crippen molar-refractivity contribution in [2.45, 2.75) is 31.2 Å². The lowest BCUT2D eigenvalue weighted by Crippen LogP contribution is -2.49. The second-order valence-corrected chi connectivity index (χ2v) is 6.46. The van der Waals surface area contributed by atoms with Crippen molar-refractivity contribution in [3.63, 3.8) is 0 Å². The Morgan fingerprint density at radius 1 is 1.04 bits per heavy atom. The van der Waals surface area contributed by atoms with Crippen LogP contribution in [0, 0.1) is 0 Å². The Morgan fingerprint density at radius 2 is 1.72 bits per heavy atom. The number of para-hydroxylation sites is 3. The summed E-state index contributed by atoms with van der Waals surface area (Å²) in [4.78, 5) is 12.3. The summed E-state index contributed by atoms with van der Waals surface area (Å²) in [5.74, 6) is 1.16. The fraction of sp³-hybridized carbons (Fsp3) is 0.350. The molecule has 0 aliphatic heterocycles. The zero-order valence-electron chi connectivity index (χ0n) is 14.2. The van der Waals surface area contributed by atoms with E-state index in [2.05, 4.69) is 10.6 Å². The molecule has 2 aromatic rings. The third-order valence-corrected chi connectivity index (χ3v) is 4.62. The summed E-state index contributed by atoms with van der Waals surface area (Å²) in [6.07, 6.45) is 3.99. The Labute approximate surface area is 148 Å². The molecule has 0 spiro atoms. The summed E-state index contributed by atoms with van der Waals surface area (Å²) in [5, 5.41) is 15.7. The molecule has 2 aromatic carbocycles. The second kappa shape index (κ2) is 8.14. The van der Waals surface area contributed by atoms with Gasteiger partial charge in [0.25, 0.3) is 0 Å². The molecule has 1 saturated carbocycles. The van der Waals surface area contributed by atoms with E-state index in [0.717, 1.165) is 25.7 Å². The van der Waals surface area contributed by atoms with Crippen molar-refractivity contribution >= 4 is 11.6 Å². The van der Waals surface area contributed by atoms with Crippen LogP contribution in [-0.4, -0.2) is 29.7 Å². The number of hydrogen-bond donors (Lipinski definition) is 3. The summed E-state index contributed by atoms with van der Waals surface area (Å²) in [7, 11) is 0. The minimum absolute atomic E-state index is 0.0635. The fourth-order valence-electron chi connectivity index (χ4n) is 3.18. The van der Waals surface area contributed by atoms with Crippen LogP contribution in [0.4, 0.5) is 5.69 Å². The molecule has 0 atom stereocenters. The van der Waals surface area contributed by atoms with E-state index >= 15 is 0 Å². The molecule has 3 N–H and O–H groups in total. The first-order chi connectivity index (χ1) is 12.2. The predicted molar refractivity (Wildman–Crippen MR) is 97.9 cm³/mol. The summed E-state index contributed by atoms with van der Waals surface area (Å²) >= 11 is 0. The molecular weight excluding hydrogens is 316 g/mol. The quantitative estimate of drug-likeness (QED) is 0.723. The molecule has 3 rings (SSSR count). The summed E-state index contributed by atoms with van der Waals surface area (Å²) in [6.45, 7) is 0.230. The molecule has 5 nitrogen and oxygen atoms in total. The molecule has 1 amide bonds. The largest absolute Gasteiger partial charge is 0.455 e. The first-order valence-corrected chi connectivity index (χ1v) is 8.68. The monoisotopic (exact) mass is 340 g/mol. The van der Waals surface area contributed by atoms with Gasteiger partial charge in [-0.25, -0.2) is 0 Å². The number of carbonyl (C=O) groups is 1. The highest BCUT2D eigenvalue weighted by Gasteiger charge is 2.32. The number of hydrogen-bond acceptors (Lipinski definition) is 4. The number of amides is 1. The Morgan fingerprint density at radius 3 is 2.44 bits per heavy atom. The Kier molecular flexibility index (Phi) is 5.68. The highest BCUT2D eigenvalue weighted by molar-refractivity contribution is 5.93. The molecule has 0 radical (unpaired) electrons. The average molecular weight is 340 g/mol. The number of nitrogens with one attached hydrogen (secondary N) is 2. The first-order valence-electron chi connectivity index (χ1n) is 8.68. The van der Waals surface area contributed by atoms with Crippen LogP contribution >= 0.6 is 0 Å². The maximum absolute atomic E-state index is 12.3. The van der Waals surface area contributed by atoms with E-state index in [9.17, 15) is 9.90 Å². The van der Waals surface area contributed by atoms with Crippen molar-refractivity contribution in [3.05, 3.63) is 54.6 Å². The minimum Gasteiger partial charge on any atom is -0.455 e. The molecule has 5 heteroatoms. The number of aliphatic hydroxyl groups excluding tert-OH is 1. The van der Waals surface area contributed by atoms with E-state index in [1.54, 1.807) is 0 Å². The smallest absolute Gasteiger partial charge is 0.238 e. The molecule has 0 saturated heterocycles. The molecular formula is C20H24N2O3. The number of rotatable bonds is 7. The maximum atomic E-state index is 12.3. The number of aliphatic hydroxyl groups is 1. The molecule has 0 aromatic heterocycles. The van der Waals surface area contributed by atoms with Crippen molar-refractivity contribution < 1.29 is 14.6 Å². The van der Waals surface area contributed by atoms with Gasteiger partial charge in [0.05, 0.1) is 18.8 Å². The van der Waals surface area contributed by atoms with Gasteiger partial charge in [-0.05, 0) is 37.1 Å². The minimum atomic E-state index is -0.308. The van der Waals surface area contributed by atoms with E-state index in [1.807, 2.05) is 54.6 Å². The van der Waals surface area contributed by atoms with Crippen LogP contribution in [0.1, 0.15) is 25.7 Å². The SMILES string of the molecule is O=C(CNC1(CO)CCCC1)Nc1ccccc1Oc1ccccc1. The van der Waals surface area contributed by atoms with Gasteiger partial charge in [0.15, 0.2) is 5.75 Å². The van der Waals surface area contributed by atoms with Gasteiger partial charge in [-0.15, -0.1) is 0 Å². The normalized spacial score (nSPS) is 15.7. The number of benzene rings is 2. The lowest BCUT2D eigenvalue weighted by atomic mass is 9.99. The third-order valence-electron chi connectivity index (χ3n) is 4.62. The zero-order chi connectivity index (χ0) is 17.5. The van der Waals surface area contributed by atoms with Crippen molar-refractivity contribution in [1.29, 1.82) is 0 Å². The Bertz CT molecular complexity index is 697. The van der Waals surface area contributed by atoms with Crippen molar-refractivity contribution in [1.82, 2.24) is 5.32 Å². The molecule has 0 unspecified atom stereocenters. The molecule has 1 aliphatic rings. The van der Waals surface area contributed by atoms with Gasteiger partial charge < -0.3 is 20.5 Å². The lowest BCUT2D eigenvalue weighted by Gasteiger charge is -2.27. The van der Waals surface area contributed by atoms with Gasteiger partial charge in [-0.1, -0.05) is 43.2 Å². The number of anilines is 1. The Hall–Kier alpha value is -2.37. The number of carbonyl (C=O) groups excluding carboxylic acids is 1.